The van der Waals surface area contributed by atoms with Gasteiger partial charge in [0.1, 0.15) is 5.75 Å². The molecule has 128 valence electrons. The molecule has 0 bridgehead atoms. The van der Waals surface area contributed by atoms with Crippen molar-refractivity contribution >= 4 is 0 Å². The minimum Gasteiger partial charge on any atom is -0.507 e. The Kier molecular flexibility index (Phi) is 4.33. The van der Waals surface area contributed by atoms with Crippen LogP contribution in [0, 0.1) is 0 Å². The molecule has 0 radical (unpaired) electrons. The minimum absolute atomic E-state index is 0.165. The highest BCUT2D eigenvalue weighted by Crippen LogP contribution is 2.29. The van der Waals surface area contributed by atoms with E-state index < -0.39 is 6.10 Å². The van der Waals surface area contributed by atoms with Gasteiger partial charge in [0.2, 0.25) is 0 Å². The van der Waals surface area contributed by atoms with Crippen molar-refractivity contribution in [2.75, 3.05) is 0 Å². The van der Waals surface area contributed by atoms with Crippen molar-refractivity contribution in [3.05, 3.63) is 90.7 Å². The van der Waals surface area contributed by atoms with Gasteiger partial charge < -0.3 is 10.2 Å². The van der Waals surface area contributed by atoms with Gasteiger partial charge in [-0.15, -0.1) is 0 Å². The fourth-order valence-electron chi connectivity index (χ4n) is 3.07. The molecular weight excluding hydrogens is 324 g/mol. The van der Waals surface area contributed by atoms with Gasteiger partial charge in [0.15, 0.2) is 0 Å². The van der Waals surface area contributed by atoms with Gasteiger partial charge in [-0.3, -0.25) is 4.98 Å². The number of aliphatic hydroxyl groups is 1. The first kappa shape index (κ1) is 16.2. The predicted molar refractivity (Wildman–Crippen MR) is 102 cm³/mol. The zero-order chi connectivity index (χ0) is 17.9. The lowest BCUT2D eigenvalue weighted by atomic mass is 9.93. The smallest absolute Gasteiger partial charge is 0.124 e. The van der Waals surface area contributed by atoms with E-state index in [1.54, 1.807) is 18.2 Å². The maximum atomic E-state index is 10.2. The van der Waals surface area contributed by atoms with E-state index >= 15 is 0 Å². The summed E-state index contributed by atoms with van der Waals surface area (Å²) in [5, 5.41) is 20.3. The van der Waals surface area contributed by atoms with Gasteiger partial charge in [-0.1, -0.05) is 48.6 Å². The van der Waals surface area contributed by atoms with Crippen LogP contribution in [0.1, 0.15) is 11.6 Å². The van der Waals surface area contributed by atoms with Crippen LogP contribution in [0.2, 0.25) is 0 Å². The lowest BCUT2D eigenvalue weighted by Gasteiger charge is -2.19. The highest BCUT2D eigenvalue weighted by atomic mass is 16.3. The molecule has 2 N–H and O–H groups in total. The fraction of sp³-hybridized carbons (Fsp3) is 0.0909. The summed E-state index contributed by atoms with van der Waals surface area (Å²) < 4.78 is 0. The van der Waals surface area contributed by atoms with Gasteiger partial charge in [0.05, 0.1) is 28.9 Å². The van der Waals surface area contributed by atoms with Crippen LogP contribution in [0.15, 0.2) is 85.0 Å². The number of pyridine rings is 2. The number of hydrogen-bond acceptors (Lipinski definition) is 4. The highest BCUT2D eigenvalue weighted by molar-refractivity contribution is 5.69. The standard InChI is InChI=1S/C22H18N2O2/c25-21-13-3-1-7-15(21)17-9-5-11-19(23-17)20-12-6-10-18(24-20)16-8-2-4-14-22(16)26/h1-15,21,25-26H. The van der Waals surface area contributed by atoms with Gasteiger partial charge in [-0.05, 0) is 36.4 Å². The molecule has 0 aliphatic heterocycles. The number of phenols is 1. The number of aliphatic hydroxyl groups excluding tert-OH is 1. The van der Waals surface area contributed by atoms with Crippen molar-refractivity contribution in [2.45, 2.75) is 12.0 Å². The van der Waals surface area contributed by atoms with Crippen LogP contribution >= 0.6 is 0 Å². The summed E-state index contributed by atoms with van der Waals surface area (Å²) >= 11 is 0. The van der Waals surface area contributed by atoms with Crippen LogP contribution in [-0.2, 0) is 0 Å². The van der Waals surface area contributed by atoms with Crippen molar-refractivity contribution in [1.82, 2.24) is 9.97 Å². The third kappa shape index (κ3) is 3.15. The second-order valence-corrected chi connectivity index (χ2v) is 6.16. The molecule has 3 aromatic rings. The third-order valence-corrected chi connectivity index (χ3v) is 4.41. The fourth-order valence-corrected chi connectivity index (χ4v) is 3.07. The molecule has 0 saturated carbocycles. The maximum Gasteiger partial charge on any atom is 0.124 e. The molecule has 0 amide bonds. The molecule has 4 rings (SSSR count). The largest absolute Gasteiger partial charge is 0.507 e. The Morgan fingerprint density at radius 2 is 1.38 bits per heavy atom. The summed E-state index contributed by atoms with van der Waals surface area (Å²) in [6, 6.07) is 18.5. The topological polar surface area (TPSA) is 66.2 Å². The van der Waals surface area contributed by atoms with Crippen LogP contribution < -0.4 is 0 Å². The molecule has 0 fully saturated rings. The first-order valence-corrected chi connectivity index (χ1v) is 8.48. The zero-order valence-electron chi connectivity index (χ0n) is 14.0. The summed E-state index contributed by atoms with van der Waals surface area (Å²) in [6.45, 7) is 0. The van der Waals surface area contributed by atoms with Gasteiger partial charge in [-0.25, -0.2) is 4.98 Å². The first-order valence-electron chi connectivity index (χ1n) is 8.48. The average Bonchev–Trinajstić information content (AvgIpc) is 2.69. The van der Waals surface area contributed by atoms with E-state index in [-0.39, 0.29) is 11.7 Å². The quantitative estimate of drug-likeness (QED) is 0.752. The van der Waals surface area contributed by atoms with Crippen LogP contribution in [0.3, 0.4) is 0 Å². The van der Waals surface area contributed by atoms with Crippen molar-refractivity contribution in [3.63, 3.8) is 0 Å². The Labute approximate surface area is 151 Å². The van der Waals surface area contributed by atoms with Gasteiger partial charge in [0.25, 0.3) is 0 Å². The number of benzene rings is 1. The van der Waals surface area contributed by atoms with Crippen LogP contribution in [0.5, 0.6) is 5.75 Å². The molecule has 1 aliphatic carbocycles. The van der Waals surface area contributed by atoms with Crippen molar-refractivity contribution in [1.29, 1.82) is 0 Å². The number of aromatic nitrogens is 2. The van der Waals surface area contributed by atoms with Crippen LogP contribution in [0.4, 0.5) is 0 Å². The highest BCUT2D eigenvalue weighted by Gasteiger charge is 2.20. The molecule has 2 heterocycles. The lowest BCUT2D eigenvalue weighted by Crippen LogP contribution is -2.17. The second kappa shape index (κ2) is 6.94. The zero-order valence-corrected chi connectivity index (χ0v) is 14.0. The molecule has 1 aromatic carbocycles. The average molecular weight is 342 g/mol. The normalized spacial score (nSPS) is 18.8. The molecule has 2 unspecified atom stereocenters. The Morgan fingerprint density at radius 1 is 0.692 bits per heavy atom. The Hall–Kier alpha value is -3.24. The first-order chi connectivity index (χ1) is 12.7. The Balaban J connectivity index is 1.72. The van der Waals surface area contributed by atoms with Crippen LogP contribution in [-0.4, -0.2) is 26.3 Å². The number of nitrogens with zero attached hydrogens (tertiary/aromatic N) is 2. The van der Waals surface area contributed by atoms with Crippen molar-refractivity contribution < 1.29 is 10.2 Å². The van der Waals surface area contributed by atoms with E-state index in [0.29, 0.717) is 11.3 Å². The Bertz CT molecular complexity index is 995. The van der Waals surface area contributed by atoms with Gasteiger partial charge in [0, 0.05) is 11.5 Å². The molecular formula is C22H18N2O2. The SMILES string of the molecule is Oc1ccccc1-c1cccc(-c2cccc(C3C=CC=CC3O)n2)n1. The lowest BCUT2D eigenvalue weighted by molar-refractivity contribution is 0.204. The van der Waals surface area contributed by atoms with Crippen molar-refractivity contribution in [2.24, 2.45) is 0 Å². The summed E-state index contributed by atoms with van der Waals surface area (Å²) in [4.78, 5) is 9.37. The van der Waals surface area contributed by atoms with Crippen LogP contribution in [0.25, 0.3) is 22.6 Å². The number of para-hydroxylation sites is 1. The minimum atomic E-state index is -0.580. The van der Waals surface area contributed by atoms with E-state index in [2.05, 4.69) is 4.98 Å². The second-order valence-electron chi connectivity index (χ2n) is 6.16. The van der Waals surface area contributed by atoms with E-state index in [1.807, 2.05) is 66.8 Å². The number of allylic oxidation sites excluding steroid dienone is 2. The molecule has 4 heteroatoms. The third-order valence-electron chi connectivity index (χ3n) is 4.41. The number of rotatable bonds is 3. The van der Waals surface area contributed by atoms with Crippen molar-refractivity contribution in [3.8, 4) is 28.4 Å². The molecule has 0 spiro atoms. The predicted octanol–water partition coefficient (Wildman–Crippen LogP) is 4.09. The summed E-state index contributed by atoms with van der Waals surface area (Å²) in [5.41, 5.74) is 3.62. The molecule has 2 atom stereocenters. The summed E-state index contributed by atoms with van der Waals surface area (Å²) in [7, 11) is 0. The Morgan fingerprint density at radius 3 is 2.19 bits per heavy atom. The number of hydrogen-bond donors (Lipinski definition) is 2. The van der Waals surface area contributed by atoms with E-state index in [0.717, 1.165) is 17.1 Å². The molecule has 2 aromatic heterocycles. The maximum absolute atomic E-state index is 10.2. The number of phenolic OH excluding ortho intramolecular Hbond substituents is 1. The monoisotopic (exact) mass is 342 g/mol. The molecule has 0 saturated heterocycles. The molecule has 1 aliphatic rings. The molecule has 26 heavy (non-hydrogen) atoms. The molecule has 4 nitrogen and oxygen atoms in total. The van der Waals surface area contributed by atoms with Gasteiger partial charge in [-0.2, -0.15) is 0 Å². The summed E-state index contributed by atoms with van der Waals surface area (Å²) in [5.74, 6) is 0.0300. The van der Waals surface area contributed by atoms with E-state index in [9.17, 15) is 10.2 Å². The number of aromatic hydroxyl groups is 1. The van der Waals surface area contributed by atoms with E-state index in [4.69, 9.17) is 4.98 Å². The summed E-state index contributed by atoms with van der Waals surface area (Å²) in [6.07, 6.45) is 6.88. The van der Waals surface area contributed by atoms with E-state index in [1.165, 1.54) is 0 Å². The van der Waals surface area contributed by atoms with Gasteiger partial charge >= 0.3 is 0 Å².